The normalized spacial score (nSPS) is 14.6. The van der Waals surface area contributed by atoms with Crippen molar-refractivity contribution in [3.8, 4) is 5.75 Å². The van der Waals surface area contributed by atoms with E-state index in [1.54, 1.807) is 0 Å². The number of anilines is 2. The summed E-state index contributed by atoms with van der Waals surface area (Å²) >= 11 is 5.80. The highest BCUT2D eigenvalue weighted by molar-refractivity contribution is 7.89. The van der Waals surface area contributed by atoms with Gasteiger partial charge in [0.1, 0.15) is 10.6 Å². The molecule has 0 atom stereocenters. The van der Waals surface area contributed by atoms with E-state index in [9.17, 15) is 18.0 Å². The average molecular weight is 484 g/mol. The van der Waals surface area contributed by atoms with Crippen LogP contribution >= 0.6 is 11.6 Å². The fourth-order valence-corrected chi connectivity index (χ4v) is 4.78. The molecule has 1 aliphatic heterocycles. The smallest absolute Gasteiger partial charge is 0.340 e. The molecule has 32 heavy (non-hydrogen) atoms. The van der Waals surface area contributed by atoms with Crippen LogP contribution in [0.15, 0.2) is 41.3 Å². The number of sulfonamides is 1. The molecule has 3 N–H and O–H groups in total. The van der Waals surface area contributed by atoms with E-state index >= 15 is 0 Å². The molecule has 0 aromatic heterocycles. The number of morpholine rings is 1. The standard InChI is InChI=1S/C20H22ClN3O7S/c1-29-17-5-3-14(11-18(17)32(27,28)24-6-8-30-9-7-24)23-19(25)12-31-20(26)15-4-2-13(21)10-16(15)22/h2-5,10-11H,6-9,12,22H2,1H3,(H,23,25). The van der Waals surface area contributed by atoms with Crippen LogP contribution in [-0.2, 0) is 24.3 Å². The monoisotopic (exact) mass is 483 g/mol. The molecule has 2 aromatic rings. The van der Waals surface area contributed by atoms with E-state index < -0.39 is 28.5 Å². The quantitative estimate of drug-likeness (QED) is 0.448. The van der Waals surface area contributed by atoms with Gasteiger partial charge in [0.15, 0.2) is 6.61 Å². The van der Waals surface area contributed by atoms with Crippen LogP contribution < -0.4 is 15.8 Å². The summed E-state index contributed by atoms with van der Waals surface area (Å²) in [4.78, 5) is 24.3. The second-order valence-electron chi connectivity index (χ2n) is 6.74. The number of hydrogen-bond donors (Lipinski definition) is 2. The Morgan fingerprint density at radius 3 is 2.56 bits per heavy atom. The first-order valence-corrected chi connectivity index (χ1v) is 11.3. The van der Waals surface area contributed by atoms with Crippen molar-refractivity contribution in [3.63, 3.8) is 0 Å². The molecule has 0 bridgehead atoms. The molecule has 0 radical (unpaired) electrons. The molecule has 0 aliphatic carbocycles. The number of halogens is 1. The Morgan fingerprint density at radius 1 is 1.19 bits per heavy atom. The topological polar surface area (TPSA) is 137 Å². The highest BCUT2D eigenvalue weighted by atomic mass is 35.5. The highest BCUT2D eigenvalue weighted by Gasteiger charge is 2.29. The van der Waals surface area contributed by atoms with E-state index in [1.165, 1.54) is 47.8 Å². The van der Waals surface area contributed by atoms with Gasteiger partial charge in [0, 0.05) is 29.5 Å². The van der Waals surface area contributed by atoms with Crippen molar-refractivity contribution in [2.75, 3.05) is 51.1 Å². The lowest BCUT2D eigenvalue weighted by atomic mass is 10.2. The number of nitrogens with zero attached hydrogens (tertiary/aromatic N) is 1. The van der Waals surface area contributed by atoms with Crippen LogP contribution in [0.5, 0.6) is 5.75 Å². The summed E-state index contributed by atoms with van der Waals surface area (Å²) in [5, 5.41) is 2.87. The van der Waals surface area contributed by atoms with Crippen molar-refractivity contribution in [2.24, 2.45) is 0 Å². The number of nitrogen functional groups attached to an aromatic ring is 1. The predicted octanol–water partition coefficient (Wildman–Crippen LogP) is 1.75. The molecule has 10 nitrogen and oxygen atoms in total. The Labute approximate surface area is 190 Å². The molecule has 1 fully saturated rings. The summed E-state index contributed by atoms with van der Waals surface area (Å²) in [5.74, 6) is -1.32. The minimum Gasteiger partial charge on any atom is -0.495 e. The molecule has 1 saturated heterocycles. The van der Waals surface area contributed by atoms with Gasteiger partial charge >= 0.3 is 5.97 Å². The number of hydrogen-bond acceptors (Lipinski definition) is 8. The number of benzene rings is 2. The van der Waals surface area contributed by atoms with Gasteiger partial charge in [-0.2, -0.15) is 4.31 Å². The molecule has 3 rings (SSSR count). The zero-order valence-corrected chi connectivity index (χ0v) is 18.7. The van der Waals surface area contributed by atoms with Crippen molar-refractivity contribution in [1.29, 1.82) is 0 Å². The predicted molar refractivity (Wildman–Crippen MR) is 117 cm³/mol. The molecule has 0 saturated carbocycles. The second kappa shape index (κ2) is 10.2. The molecular weight excluding hydrogens is 462 g/mol. The van der Waals surface area contributed by atoms with Crippen molar-refractivity contribution < 1.29 is 32.2 Å². The Kier molecular flexibility index (Phi) is 7.56. The number of esters is 1. The Bertz CT molecular complexity index is 1120. The average Bonchev–Trinajstić information content (AvgIpc) is 2.78. The molecule has 1 heterocycles. The zero-order valence-electron chi connectivity index (χ0n) is 17.2. The van der Waals surface area contributed by atoms with E-state index in [4.69, 9.17) is 31.5 Å². The summed E-state index contributed by atoms with van der Waals surface area (Å²) in [7, 11) is -2.51. The number of ether oxygens (including phenoxy) is 3. The molecule has 12 heteroatoms. The van der Waals surface area contributed by atoms with Crippen molar-refractivity contribution in [3.05, 3.63) is 47.0 Å². The largest absolute Gasteiger partial charge is 0.495 e. The molecule has 0 unspecified atom stereocenters. The SMILES string of the molecule is COc1ccc(NC(=O)COC(=O)c2ccc(Cl)cc2N)cc1S(=O)(=O)N1CCOCC1. The van der Waals surface area contributed by atoms with Gasteiger partial charge in [-0.05, 0) is 36.4 Å². The van der Waals surface area contributed by atoms with Crippen molar-refractivity contribution in [2.45, 2.75) is 4.90 Å². The third kappa shape index (κ3) is 5.49. The Hall–Kier alpha value is -2.86. The van der Waals surface area contributed by atoms with E-state index in [2.05, 4.69) is 5.32 Å². The second-order valence-corrected chi connectivity index (χ2v) is 9.08. The Morgan fingerprint density at radius 2 is 1.91 bits per heavy atom. The molecular formula is C20H22ClN3O7S. The van der Waals surface area contributed by atoms with Crippen LogP contribution in [0.2, 0.25) is 5.02 Å². The zero-order chi connectivity index (χ0) is 23.3. The summed E-state index contributed by atoms with van der Waals surface area (Å²) in [5.41, 5.74) is 6.13. The van der Waals surface area contributed by atoms with Crippen LogP contribution in [0.3, 0.4) is 0 Å². The molecule has 2 aromatic carbocycles. The minimum atomic E-state index is -3.87. The van der Waals surface area contributed by atoms with Gasteiger partial charge in [-0.25, -0.2) is 13.2 Å². The van der Waals surface area contributed by atoms with Gasteiger partial charge in [-0.1, -0.05) is 11.6 Å². The molecule has 0 spiro atoms. The maximum absolute atomic E-state index is 13.0. The summed E-state index contributed by atoms with van der Waals surface area (Å²) in [6.45, 7) is 0.416. The first-order valence-electron chi connectivity index (χ1n) is 9.50. The third-order valence-electron chi connectivity index (χ3n) is 4.60. The van der Waals surface area contributed by atoms with E-state index in [0.29, 0.717) is 18.2 Å². The van der Waals surface area contributed by atoms with Gasteiger partial charge in [0.2, 0.25) is 10.0 Å². The van der Waals surface area contributed by atoms with Gasteiger partial charge in [0.25, 0.3) is 5.91 Å². The molecule has 1 aliphatic rings. The number of nitrogens with two attached hydrogens (primary N) is 1. The minimum absolute atomic E-state index is 0.0746. The number of methoxy groups -OCH3 is 1. The maximum atomic E-state index is 13.0. The van der Waals surface area contributed by atoms with Crippen LogP contribution in [0.4, 0.5) is 11.4 Å². The fraction of sp³-hybridized carbons (Fsp3) is 0.300. The van der Waals surface area contributed by atoms with E-state index in [-0.39, 0.29) is 40.7 Å². The lowest BCUT2D eigenvalue weighted by Gasteiger charge is -2.26. The number of amides is 1. The number of carbonyl (C=O) groups excluding carboxylic acids is 2. The highest BCUT2D eigenvalue weighted by Crippen LogP contribution is 2.30. The van der Waals surface area contributed by atoms with Gasteiger partial charge in [-0.15, -0.1) is 0 Å². The number of carbonyl (C=O) groups is 2. The van der Waals surface area contributed by atoms with Crippen LogP contribution in [0, 0.1) is 0 Å². The van der Waals surface area contributed by atoms with Gasteiger partial charge < -0.3 is 25.3 Å². The van der Waals surface area contributed by atoms with Gasteiger partial charge in [0.05, 0.1) is 25.9 Å². The lowest BCUT2D eigenvalue weighted by molar-refractivity contribution is -0.119. The van der Waals surface area contributed by atoms with Crippen molar-refractivity contribution in [1.82, 2.24) is 4.31 Å². The maximum Gasteiger partial charge on any atom is 0.340 e. The van der Waals surface area contributed by atoms with Crippen LogP contribution in [-0.4, -0.2) is 64.6 Å². The first-order chi connectivity index (χ1) is 15.2. The summed E-state index contributed by atoms with van der Waals surface area (Å²) < 4.78 is 42.7. The van der Waals surface area contributed by atoms with E-state index in [1.807, 2.05) is 0 Å². The Balaban J connectivity index is 1.70. The number of rotatable bonds is 7. The van der Waals surface area contributed by atoms with Gasteiger partial charge in [-0.3, -0.25) is 4.79 Å². The van der Waals surface area contributed by atoms with Crippen molar-refractivity contribution >= 4 is 44.9 Å². The summed E-state index contributed by atoms with van der Waals surface area (Å²) in [6, 6.07) is 8.47. The molecule has 1 amide bonds. The first kappa shape index (κ1) is 23.8. The van der Waals surface area contributed by atoms with E-state index in [0.717, 1.165) is 0 Å². The fourth-order valence-electron chi connectivity index (χ4n) is 3.01. The number of nitrogens with one attached hydrogen (secondary N) is 1. The third-order valence-corrected chi connectivity index (χ3v) is 6.76. The van der Waals surface area contributed by atoms with Crippen LogP contribution in [0.1, 0.15) is 10.4 Å². The lowest BCUT2D eigenvalue weighted by Crippen LogP contribution is -2.40. The summed E-state index contributed by atoms with van der Waals surface area (Å²) in [6.07, 6.45) is 0. The van der Waals surface area contributed by atoms with Crippen LogP contribution in [0.25, 0.3) is 0 Å². The molecule has 172 valence electrons.